The smallest absolute Gasteiger partial charge is 0.259 e. The van der Waals surface area contributed by atoms with Gasteiger partial charge in [-0.25, -0.2) is 0 Å². The zero-order valence-corrected chi connectivity index (χ0v) is 15.7. The number of halogens is 1. The normalized spacial score (nSPS) is 10.4. The van der Waals surface area contributed by atoms with Crippen molar-refractivity contribution in [2.75, 3.05) is 11.9 Å². The molecule has 0 spiro atoms. The Bertz CT molecular complexity index is 956. The summed E-state index contributed by atoms with van der Waals surface area (Å²) < 4.78 is 5.81. The third-order valence-corrected chi connectivity index (χ3v) is 4.43. The van der Waals surface area contributed by atoms with E-state index in [4.69, 9.17) is 16.3 Å². The van der Waals surface area contributed by atoms with E-state index in [-0.39, 0.29) is 11.3 Å². The Kier molecular flexibility index (Phi) is 5.99. The Labute approximate surface area is 163 Å². The molecule has 0 aliphatic heterocycles. The molecule has 2 N–H and O–H groups in total. The highest BCUT2D eigenvalue weighted by Crippen LogP contribution is 2.24. The lowest BCUT2D eigenvalue weighted by Gasteiger charge is -2.11. The van der Waals surface area contributed by atoms with Crippen LogP contribution >= 0.6 is 11.6 Å². The number of carbonyl (C=O) groups is 1. The average molecular weight is 382 g/mol. The van der Waals surface area contributed by atoms with Gasteiger partial charge in [0.2, 0.25) is 0 Å². The Balaban J connectivity index is 1.62. The second kappa shape index (κ2) is 8.60. The first-order chi connectivity index (χ1) is 13.0. The number of carbonyl (C=O) groups excluding carboxylic acids is 1. The minimum atomic E-state index is -0.438. The van der Waals surface area contributed by atoms with E-state index in [0.717, 1.165) is 6.42 Å². The zero-order valence-electron chi connectivity index (χ0n) is 14.9. The van der Waals surface area contributed by atoms with E-state index in [2.05, 4.69) is 24.4 Å². The lowest BCUT2D eigenvalue weighted by molar-refractivity contribution is 0.102. The number of anilines is 1. The lowest BCUT2D eigenvalue weighted by Crippen LogP contribution is -2.12. The number of amides is 1. The fourth-order valence-corrected chi connectivity index (χ4v) is 2.89. The molecule has 0 radical (unpaired) electrons. The van der Waals surface area contributed by atoms with Crippen molar-refractivity contribution < 1.29 is 14.6 Å². The molecule has 5 heteroatoms. The van der Waals surface area contributed by atoms with Gasteiger partial charge < -0.3 is 15.2 Å². The molecule has 0 unspecified atom stereocenters. The van der Waals surface area contributed by atoms with Crippen molar-refractivity contribution in [3.63, 3.8) is 0 Å². The Morgan fingerprint density at radius 2 is 1.89 bits per heavy atom. The van der Waals surface area contributed by atoms with Gasteiger partial charge in [0.15, 0.2) is 0 Å². The molecule has 0 saturated heterocycles. The van der Waals surface area contributed by atoms with Gasteiger partial charge in [-0.3, -0.25) is 4.79 Å². The number of benzene rings is 3. The largest absolute Gasteiger partial charge is 0.507 e. The van der Waals surface area contributed by atoms with Crippen LogP contribution in [-0.2, 0) is 6.42 Å². The summed E-state index contributed by atoms with van der Waals surface area (Å²) in [6.07, 6.45) is 0.805. The van der Waals surface area contributed by atoms with Crippen LogP contribution in [0.3, 0.4) is 0 Å². The van der Waals surface area contributed by atoms with Crippen LogP contribution in [0.15, 0.2) is 66.7 Å². The van der Waals surface area contributed by atoms with Crippen molar-refractivity contribution in [2.24, 2.45) is 0 Å². The summed E-state index contributed by atoms with van der Waals surface area (Å²) in [6.45, 7) is 2.62. The van der Waals surface area contributed by atoms with E-state index >= 15 is 0 Å². The fourth-order valence-electron chi connectivity index (χ4n) is 2.72. The van der Waals surface area contributed by atoms with Crippen molar-refractivity contribution in [2.45, 2.75) is 13.3 Å². The van der Waals surface area contributed by atoms with Crippen molar-refractivity contribution in [3.8, 4) is 11.5 Å². The fraction of sp³-hybridized carbons (Fsp3) is 0.136. The molecule has 138 valence electrons. The maximum absolute atomic E-state index is 12.4. The van der Waals surface area contributed by atoms with Crippen LogP contribution in [0.25, 0.3) is 0 Å². The number of hydrogen-bond donors (Lipinski definition) is 2. The molecule has 0 atom stereocenters. The van der Waals surface area contributed by atoms with Gasteiger partial charge in [-0.1, -0.05) is 41.9 Å². The summed E-state index contributed by atoms with van der Waals surface area (Å²) >= 11 is 5.90. The first-order valence-corrected chi connectivity index (χ1v) is 8.98. The van der Waals surface area contributed by atoms with Gasteiger partial charge in [0.25, 0.3) is 5.91 Å². The van der Waals surface area contributed by atoms with E-state index in [9.17, 15) is 9.90 Å². The molecule has 0 heterocycles. The molecule has 27 heavy (non-hydrogen) atoms. The van der Waals surface area contributed by atoms with Gasteiger partial charge in [0.1, 0.15) is 11.5 Å². The Morgan fingerprint density at radius 3 is 2.70 bits per heavy atom. The van der Waals surface area contributed by atoms with Crippen molar-refractivity contribution in [3.05, 3.63) is 88.4 Å². The Morgan fingerprint density at radius 1 is 1.07 bits per heavy atom. The lowest BCUT2D eigenvalue weighted by atomic mass is 10.1. The number of aryl methyl sites for hydroxylation is 1. The maximum atomic E-state index is 12.4. The van der Waals surface area contributed by atoms with Crippen LogP contribution in [-0.4, -0.2) is 17.6 Å². The summed E-state index contributed by atoms with van der Waals surface area (Å²) in [7, 11) is 0. The van der Waals surface area contributed by atoms with Crippen molar-refractivity contribution in [1.29, 1.82) is 0 Å². The number of aromatic hydroxyl groups is 1. The van der Waals surface area contributed by atoms with Gasteiger partial charge in [-0.2, -0.15) is 0 Å². The molecule has 0 saturated carbocycles. The predicted octanol–water partition coefficient (Wildman–Crippen LogP) is 5.23. The minimum absolute atomic E-state index is 0.119. The highest BCUT2D eigenvalue weighted by atomic mass is 35.5. The summed E-state index contributed by atoms with van der Waals surface area (Å²) in [5.74, 6) is 0.103. The minimum Gasteiger partial charge on any atom is -0.507 e. The molecule has 1 amide bonds. The number of hydrogen-bond acceptors (Lipinski definition) is 3. The van der Waals surface area contributed by atoms with E-state index < -0.39 is 5.91 Å². The topological polar surface area (TPSA) is 58.6 Å². The number of ether oxygens (including phenoxy) is 1. The summed E-state index contributed by atoms with van der Waals surface area (Å²) in [6, 6.07) is 19.7. The molecular formula is C22H20ClNO3. The van der Waals surface area contributed by atoms with Gasteiger partial charge in [-0.05, 0) is 48.4 Å². The molecular weight excluding hydrogens is 362 g/mol. The molecule has 0 fully saturated rings. The van der Waals surface area contributed by atoms with Gasteiger partial charge in [-0.15, -0.1) is 0 Å². The summed E-state index contributed by atoms with van der Waals surface area (Å²) in [4.78, 5) is 12.4. The van der Waals surface area contributed by atoms with Gasteiger partial charge in [0, 0.05) is 23.2 Å². The van der Waals surface area contributed by atoms with Gasteiger partial charge >= 0.3 is 0 Å². The van der Waals surface area contributed by atoms with E-state index in [1.165, 1.54) is 29.3 Å². The molecule has 4 nitrogen and oxygen atoms in total. The van der Waals surface area contributed by atoms with E-state index in [0.29, 0.717) is 23.1 Å². The van der Waals surface area contributed by atoms with Crippen LogP contribution < -0.4 is 10.1 Å². The SMILES string of the molecule is Cc1ccccc1CCOc1cccc(NC(=O)c2cc(Cl)ccc2O)c1. The monoisotopic (exact) mass is 381 g/mol. The maximum Gasteiger partial charge on any atom is 0.259 e. The van der Waals surface area contributed by atoms with Crippen LogP contribution in [0, 0.1) is 6.92 Å². The number of phenols is 1. The van der Waals surface area contributed by atoms with Crippen LogP contribution in [0.5, 0.6) is 11.5 Å². The summed E-state index contributed by atoms with van der Waals surface area (Å²) in [5, 5.41) is 13.0. The Hall–Kier alpha value is -2.98. The van der Waals surface area contributed by atoms with Crippen LogP contribution in [0.1, 0.15) is 21.5 Å². The molecule has 3 aromatic carbocycles. The number of nitrogens with one attached hydrogen (secondary N) is 1. The third kappa shape index (κ3) is 5.02. The molecule has 3 rings (SSSR count). The molecule has 0 bridgehead atoms. The number of phenolic OH excluding ortho intramolecular Hbond substituents is 1. The predicted molar refractivity (Wildman–Crippen MR) is 108 cm³/mol. The van der Waals surface area contributed by atoms with Crippen molar-refractivity contribution in [1.82, 2.24) is 0 Å². The van der Waals surface area contributed by atoms with Gasteiger partial charge in [0.05, 0.1) is 12.2 Å². The molecule has 0 aliphatic rings. The standard InChI is InChI=1S/C22H20ClNO3/c1-15-5-2-3-6-16(15)11-12-27-19-8-4-7-18(14-19)24-22(26)20-13-17(23)9-10-21(20)25/h2-10,13-14,25H,11-12H2,1H3,(H,24,26). The second-order valence-corrected chi connectivity index (χ2v) is 6.60. The average Bonchev–Trinajstić information content (AvgIpc) is 2.65. The number of rotatable bonds is 6. The first kappa shape index (κ1) is 18.8. The van der Waals surface area contributed by atoms with E-state index in [1.54, 1.807) is 18.2 Å². The van der Waals surface area contributed by atoms with E-state index in [1.807, 2.05) is 18.2 Å². The van der Waals surface area contributed by atoms with Crippen LogP contribution in [0.4, 0.5) is 5.69 Å². The quantitative estimate of drug-likeness (QED) is 0.614. The third-order valence-electron chi connectivity index (χ3n) is 4.20. The molecule has 0 aliphatic carbocycles. The van der Waals surface area contributed by atoms with Crippen molar-refractivity contribution >= 4 is 23.2 Å². The first-order valence-electron chi connectivity index (χ1n) is 8.60. The molecule has 3 aromatic rings. The highest BCUT2D eigenvalue weighted by molar-refractivity contribution is 6.31. The summed E-state index contributed by atoms with van der Waals surface area (Å²) in [5.41, 5.74) is 3.18. The molecule has 0 aromatic heterocycles. The second-order valence-electron chi connectivity index (χ2n) is 6.17. The highest BCUT2D eigenvalue weighted by Gasteiger charge is 2.12. The van der Waals surface area contributed by atoms with Crippen LogP contribution in [0.2, 0.25) is 5.02 Å². The zero-order chi connectivity index (χ0) is 19.2.